The van der Waals surface area contributed by atoms with E-state index in [0.717, 1.165) is 43.3 Å². The van der Waals surface area contributed by atoms with Crippen molar-refractivity contribution in [2.75, 3.05) is 0 Å². The Hall–Kier alpha value is -1.91. The lowest BCUT2D eigenvalue weighted by Gasteiger charge is -2.08. The van der Waals surface area contributed by atoms with E-state index in [1.807, 2.05) is 6.92 Å². The number of carboxylic acids is 1. The molecule has 0 saturated carbocycles. The first kappa shape index (κ1) is 15.1. The van der Waals surface area contributed by atoms with E-state index in [-0.39, 0.29) is 11.8 Å². The van der Waals surface area contributed by atoms with Gasteiger partial charge in [-0.05, 0) is 39.0 Å². The normalized spacial score (nSPS) is 18.5. The summed E-state index contributed by atoms with van der Waals surface area (Å²) < 4.78 is 0. The molecule has 2 aliphatic rings. The lowest BCUT2D eigenvalue weighted by atomic mass is 9.93. The summed E-state index contributed by atoms with van der Waals surface area (Å²) in [5.41, 5.74) is 1.90. The minimum atomic E-state index is -0.827. The minimum Gasteiger partial charge on any atom is -0.478 e. The largest absolute Gasteiger partial charge is 0.478 e. The standard InChI is InChI=1S/C8H9NO2.C6H10O2/c10-7-5-3-1-2-4-6(5)8(11)9-7;1-3-4-5(2)6(7)8/h1-4H2,(H,9,10,11);4H,3H2,1-2H3,(H,7,8). The highest BCUT2D eigenvalue weighted by molar-refractivity contribution is 6.19. The predicted molar refractivity (Wildman–Crippen MR) is 70.3 cm³/mol. The van der Waals surface area contributed by atoms with Gasteiger partial charge in [0.05, 0.1) is 0 Å². The van der Waals surface area contributed by atoms with E-state index in [4.69, 9.17) is 5.11 Å². The number of imide groups is 1. The van der Waals surface area contributed by atoms with Gasteiger partial charge in [-0.25, -0.2) is 4.79 Å². The van der Waals surface area contributed by atoms with E-state index < -0.39 is 5.97 Å². The van der Waals surface area contributed by atoms with Crippen molar-refractivity contribution in [3.05, 3.63) is 22.8 Å². The average Bonchev–Trinajstić information content (AvgIpc) is 2.67. The van der Waals surface area contributed by atoms with Gasteiger partial charge in [0, 0.05) is 16.7 Å². The number of amides is 2. The van der Waals surface area contributed by atoms with Gasteiger partial charge in [0.15, 0.2) is 0 Å². The Balaban J connectivity index is 0.000000203. The van der Waals surface area contributed by atoms with Crippen LogP contribution in [0.25, 0.3) is 0 Å². The van der Waals surface area contributed by atoms with Gasteiger partial charge >= 0.3 is 5.97 Å². The van der Waals surface area contributed by atoms with E-state index in [2.05, 4.69) is 5.32 Å². The molecule has 2 rings (SSSR count). The van der Waals surface area contributed by atoms with Crippen molar-refractivity contribution in [2.45, 2.75) is 46.0 Å². The number of hydrogen-bond acceptors (Lipinski definition) is 3. The van der Waals surface area contributed by atoms with Gasteiger partial charge in [-0.15, -0.1) is 0 Å². The first-order valence-corrected chi connectivity index (χ1v) is 6.45. The molecule has 0 saturated heterocycles. The molecule has 19 heavy (non-hydrogen) atoms. The van der Waals surface area contributed by atoms with Crippen LogP contribution >= 0.6 is 0 Å². The summed E-state index contributed by atoms with van der Waals surface area (Å²) >= 11 is 0. The summed E-state index contributed by atoms with van der Waals surface area (Å²) in [6.07, 6.45) is 6.12. The van der Waals surface area contributed by atoms with E-state index in [1.165, 1.54) is 0 Å². The van der Waals surface area contributed by atoms with Crippen LogP contribution in [0, 0.1) is 0 Å². The predicted octanol–water partition coefficient (Wildman–Crippen LogP) is 1.94. The number of nitrogens with one attached hydrogen (secondary N) is 1. The molecule has 0 fully saturated rings. The topological polar surface area (TPSA) is 83.5 Å². The highest BCUT2D eigenvalue weighted by atomic mass is 16.4. The maximum absolute atomic E-state index is 11.0. The minimum absolute atomic E-state index is 0.162. The number of carbonyl (C=O) groups excluding carboxylic acids is 2. The molecule has 0 radical (unpaired) electrons. The van der Waals surface area contributed by atoms with Crippen molar-refractivity contribution in [1.29, 1.82) is 0 Å². The number of carbonyl (C=O) groups is 3. The molecule has 0 aromatic heterocycles. The molecule has 1 aliphatic carbocycles. The summed E-state index contributed by atoms with van der Waals surface area (Å²) in [4.78, 5) is 32.1. The van der Waals surface area contributed by atoms with Crippen LogP contribution in [0.5, 0.6) is 0 Å². The van der Waals surface area contributed by atoms with Crippen LogP contribution < -0.4 is 5.32 Å². The zero-order valence-electron chi connectivity index (χ0n) is 11.3. The van der Waals surface area contributed by atoms with E-state index in [9.17, 15) is 14.4 Å². The summed E-state index contributed by atoms with van der Waals surface area (Å²) in [6.45, 7) is 3.50. The second-order valence-electron chi connectivity index (χ2n) is 4.55. The maximum atomic E-state index is 11.0. The third-order valence-corrected chi connectivity index (χ3v) is 3.09. The van der Waals surface area contributed by atoms with Crippen LogP contribution in [0.1, 0.15) is 46.0 Å². The first-order chi connectivity index (χ1) is 8.97. The molecule has 2 amide bonds. The van der Waals surface area contributed by atoms with Gasteiger partial charge in [0.1, 0.15) is 0 Å². The van der Waals surface area contributed by atoms with E-state index in [0.29, 0.717) is 5.57 Å². The van der Waals surface area contributed by atoms with Crippen molar-refractivity contribution in [2.24, 2.45) is 0 Å². The van der Waals surface area contributed by atoms with Crippen LogP contribution in [-0.2, 0) is 14.4 Å². The SMILES string of the molecule is CCC=C(C)C(=O)O.O=C1NC(=O)C2=C1CCCC2. The van der Waals surface area contributed by atoms with Crippen molar-refractivity contribution >= 4 is 17.8 Å². The molecule has 5 heteroatoms. The van der Waals surface area contributed by atoms with Crippen LogP contribution in [0.4, 0.5) is 0 Å². The molecule has 0 aromatic rings. The summed E-state index contributed by atoms with van der Waals surface area (Å²) in [7, 11) is 0. The fraction of sp³-hybridized carbons (Fsp3) is 0.500. The van der Waals surface area contributed by atoms with E-state index in [1.54, 1.807) is 13.0 Å². The quantitative estimate of drug-likeness (QED) is 0.590. The Morgan fingerprint density at radius 2 is 1.68 bits per heavy atom. The monoisotopic (exact) mass is 265 g/mol. The fourth-order valence-electron chi connectivity index (χ4n) is 2.05. The number of aliphatic carboxylic acids is 1. The Morgan fingerprint density at radius 3 is 2.00 bits per heavy atom. The second-order valence-corrected chi connectivity index (χ2v) is 4.55. The van der Waals surface area contributed by atoms with Crippen LogP contribution in [0.3, 0.4) is 0 Å². The van der Waals surface area contributed by atoms with Crippen LogP contribution in [0.15, 0.2) is 22.8 Å². The van der Waals surface area contributed by atoms with Crippen LogP contribution in [-0.4, -0.2) is 22.9 Å². The summed E-state index contributed by atoms with van der Waals surface area (Å²) in [5.74, 6) is -1.15. The van der Waals surface area contributed by atoms with E-state index >= 15 is 0 Å². The van der Waals surface area contributed by atoms with Crippen molar-refractivity contribution < 1.29 is 19.5 Å². The Morgan fingerprint density at radius 1 is 1.21 bits per heavy atom. The number of allylic oxidation sites excluding steroid dienone is 1. The fourth-order valence-corrected chi connectivity index (χ4v) is 2.05. The van der Waals surface area contributed by atoms with Crippen molar-refractivity contribution in [3.8, 4) is 0 Å². The number of hydrogen-bond donors (Lipinski definition) is 2. The molecular weight excluding hydrogens is 246 g/mol. The number of rotatable bonds is 2. The van der Waals surface area contributed by atoms with Gasteiger partial charge in [0.25, 0.3) is 11.8 Å². The highest BCUT2D eigenvalue weighted by Gasteiger charge is 2.30. The Bertz CT molecular complexity index is 434. The third kappa shape index (κ3) is 4.05. The smallest absolute Gasteiger partial charge is 0.330 e. The molecule has 2 N–H and O–H groups in total. The molecule has 0 spiro atoms. The maximum Gasteiger partial charge on any atom is 0.330 e. The molecule has 0 bridgehead atoms. The molecule has 5 nitrogen and oxygen atoms in total. The zero-order valence-corrected chi connectivity index (χ0v) is 11.3. The van der Waals surface area contributed by atoms with Gasteiger partial charge in [-0.1, -0.05) is 13.0 Å². The number of carboxylic acid groups (broad SMARTS) is 1. The summed E-state index contributed by atoms with van der Waals surface area (Å²) in [6, 6.07) is 0. The van der Waals surface area contributed by atoms with Gasteiger partial charge < -0.3 is 5.11 Å². The summed E-state index contributed by atoms with van der Waals surface area (Å²) in [5, 5.41) is 10.6. The second kappa shape index (κ2) is 6.87. The third-order valence-electron chi connectivity index (χ3n) is 3.09. The highest BCUT2D eigenvalue weighted by Crippen LogP contribution is 2.28. The molecule has 0 aromatic carbocycles. The Labute approximate surface area is 112 Å². The molecule has 0 unspecified atom stereocenters. The lowest BCUT2D eigenvalue weighted by molar-refractivity contribution is -0.132. The molecule has 1 aliphatic heterocycles. The van der Waals surface area contributed by atoms with Gasteiger partial charge in [0.2, 0.25) is 0 Å². The molecule has 104 valence electrons. The van der Waals surface area contributed by atoms with Crippen LogP contribution in [0.2, 0.25) is 0 Å². The van der Waals surface area contributed by atoms with Gasteiger partial charge in [-0.2, -0.15) is 0 Å². The molecule has 1 heterocycles. The lowest BCUT2D eigenvalue weighted by Crippen LogP contribution is -2.22. The Kier molecular flexibility index (Phi) is 5.48. The zero-order chi connectivity index (χ0) is 14.4. The molecule has 0 atom stereocenters. The first-order valence-electron chi connectivity index (χ1n) is 6.45. The molecular formula is C14H19NO4. The average molecular weight is 265 g/mol. The van der Waals surface area contributed by atoms with Crippen molar-refractivity contribution in [3.63, 3.8) is 0 Å². The van der Waals surface area contributed by atoms with Crippen molar-refractivity contribution in [1.82, 2.24) is 5.32 Å². The van der Waals surface area contributed by atoms with Gasteiger partial charge in [-0.3, -0.25) is 14.9 Å².